The predicted molar refractivity (Wildman–Crippen MR) is 83.6 cm³/mol. The van der Waals surface area contributed by atoms with Crippen molar-refractivity contribution >= 4 is 11.6 Å². The van der Waals surface area contributed by atoms with Crippen LogP contribution in [0.15, 0.2) is 42.5 Å². The van der Waals surface area contributed by atoms with E-state index in [0.29, 0.717) is 6.54 Å². The molecule has 0 bridgehead atoms. The second-order valence-corrected chi connectivity index (χ2v) is 5.58. The lowest BCUT2D eigenvalue weighted by molar-refractivity contribution is -0.125. The first-order valence-electron chi connectivity index (χ1n) is 7.19. The summed E-state index contributed by atoms with van der Waals surface area (Å²) < 4.78 is 5.67. The smallest absolute Gasteiger partial charge is 0.268 e. The Bertz CT molecular complexity index is 693. The van der Waals surface area contributed by atoms with E-state index in [9.17, 15) is 4.79 Å². The Morgan fingerprint density at radius 1 is 1.14 bits per heavy atom. The standard InChI is InChI=1S/C18H19NO2/c1-12-8-9-15(13(2)10-12)11-19-16-6-4-5-7-17(16)21-14(3)18(19)20/h4-10,14H,11H2,1-3H3/t14-/m1/s1. The first kappa shape index (κ1) is 13.7. The van der Waals surface area contributed by atoms with Crippen LogP contribution in [0.4, 0.5) is 5.69 Å². The molecule has 1 amide bonds. The SMILES string of the molecule is Cc1ccc(CN2C(=O)[C@@H](C)Oc3ccccc32)c(C)c1. The molecule has 0 fully saturated rings. The van der Waals surface area contributed by atoms with Crippen molar-refractivity contribution in [2.45, 2.75) is 33.4 Å². The summed E-state index contributed by atoms with van der Waals surface area (Å²) in [5.74, 6) is 0.781. The van der Waals surface area contributed by atoms with Crippen molar-refractivity contribution in [3.05, 3.63) is 59.2 Å². The third kappa shape index (κ3) is 2.51. The van der Waals surface area contributed by atoms with Crippen LogP contribution in [0.3, 0.4) is 0 Å². The van der Waals surface area contributed by atoms with E-state index in [0.717, 1.165) is 17.0 Å². The second-order valence-electron chi connectivity index (χ2n) is 5.58. The number of aryl methyl sites for hydroxylation is 2. The topological polar surface area (TPSA) is 29.5 Å². The van der Waals surface area contributed by atoms with E-state index in [-0.39, 0.29) is 5.91 Å². The minimum absolute atomic E-state index is 0.00803. The number of rotatable bonds is 2. The van der Waals surface area contributed by atoms with E-state index >= 15 is 0 Å². The quantitative estimate of drug-likeness (QED) is 0.841. The molecule has 0 spiro atoms. The number of anilines is 1. The summed E-state index contributed by atoms with van der Waals surface area (Å²) in [5, 5.41) is 0. The molecule has 0 saturated heterocycles. The van der Waals surface area contributed by atoms with Gasteiger partial charge in [-0.1, -0.05) is 35.9 Å². The minimum atomic E-state index is -0.439. The molecule has 1 aliphatic rings. The fourth-order valence-corrected chi connectivity index (χ4v) is 2.72. The summed E-state index contributed by atoms with van der Waals surface area (Å²) in [6, 6.07) is 14.0. The van der Waals surface area contributed by atoms with Crippen molar-refractivity contribution in [3.63, 3.8) is 0 Å². The average Bonchev–Trinajstić information content (AvgIpc) is 2.46. The molecule has 0 aromatic heterocycles. The molecule has 21 heavy (non-hydrogen) atoms. The molecule has 108 valence electrons. The van der Waals surface area contributed by atoms with E-state index < -0.39 is 6.10 Å². The van der Waals surface area contributed by atoms with Gasteiger partial charge in [0.05, 0.1) is 12.2 Å². The van der Waals surface area contributed by atoms with Gasteiger partial charge in [-0.15, -0.1) is 0 Å². The van der Waals surface area contributed by atoms with Crippen molar-refractivity contribution in [2.75, 3.05) is 4.90 Å². The number of para-hydroxylation sites is 2. The van der Waals surface area contributed by atoms with Gasteiger partial charge in [-0.05, 0) is 44.0 Å². The number of ether oxygens (including phenoxy) is 1. The van der Waals surface area contributed by atoms with Crippen molar-refractivity contribution in [1.82, 2.24) is 0 Å². The van der Waals surface area contributed by atoms with E-state index in [4.69, 9.17) is 4.74 Å². The number of amides is 1. The Labute approximate surface area is 125 Å². The predicted octanol–water partition coefficient (Wildman–Crippen LogP) is 3.62. The van der Waals surface area contributed by atoms with Gasteiger partial charge in [-0.25, -0.2) is 0 Å². The van der Waals surface area contributed by atoms with Gasteiger partial charge in [0.25, 0.3) is 5.91 Å². The van der Waals surface area contributed by atoms with Crippen LogP contribution in [0.5, 0.6) is 5.75 Å². The molecular weight excluding hydrogens is 262 g/mol. The zero-order valence-electron chi connectivity index (χ0n) is 12.6. The van der Waals surface area contributed by atoms with E-state index in [2.05, 4.69) is 32.0 Å². The number of nitrogens with zero attached hydrogens (tertiary/aromatic N) is 1. The van der Waals surface area contributed by atoms with E-state index in [1.54, 1.807) is 6.92 Å². The summed E-state index contributed by atoms with van der Waals surface area (Å²) in [4.78, 5) is 14.3. The Morgan fingerprint density at radius 3 is 2.67 bits per heavy atom. The van der Waals surface area contributed by atoms with E-state index in [1.807, 2.05) is 29.2 Å². The lowest BCUT2D eigenvalue weighted by Gasteiger charge is -2.33. The highest BCUT2D eigenvalue weighted by atomic mass is 16.5. The average molecular weight is 281 g/mol. The summed E-state index contributed by atoms with van der Waals surface area (Å²) in [6.45, 7) is 6.54. The zero-order valence-corrected chi connectivity index (χ0v) is 12.6. The van der Waals surface area contributed by atoms with Gasteiger partial charge in [-0.3, -0.25) is 4.79 Å². The van der Waals surface area contributed by atoms with Crippen molar-refractivity contribution in [2.24, 2.45) is 0 Å². The lowest BCUT2D eigenvalue weighted by Crippen LogP contribution is -2.44. The molecule has 3 heteroatoms. The monoisotopic (exact) mass is 281 g/mol. The largest absolute Gasteiger partial charge is 0.479 e. The number of hydrogen-bond acceptors (Lipinski definition) is 2. The first-order valence-corrected chi connectivity index (χ1v) is 7.19. The summed E-state index contributed by atoms with van der Waals surface area (Å²) in [7, 11) is 0. The third-order valence-electron chi connectivity index (χ3n) is 3.90. The highest BCUT2D eigenvalue weighted by molar-refractivity contribution is 5.99. The van der Waals surface area contributed by atoms with Crippen LogP contribution >= 0.6 is 0 Å². The van der Waals surface area contributed by atoms with Crippen molar-refractivity contribution in [3.8, 4) is 5.75 Å². The summed E-state index contributed by atoms with van der Waals surface area (Å²) in [5.41, 5.74) is 4.45. The normalized spacial score (nSPS) is 17.4. The third-order valence-corrected chi connectivity index (χ3v) is 3.90. The van der Waals surface area contributed by atoms with Crippen LogP contribution in [-0.4, -0.2) is 12.0 Å². The van der Waals surface area contributed by atoms with Crippen LogP contribution < -0.4 is 9.64 Å². The Balaban J connectivity index is 1.99. The molecule has 0 aliphatic carbocycles. The Morgan fingerprint density at radius 2 is 1.90 bits per heavy atom. The molecule has 2 aromatic carbocycles. The van der Waals surface area contributed by atoms with Crippen molar-refractivity contribution in [1.29, 1.82) is 0 Å². The molecule has 3 rings (SSSR count). The molecule has 2 aromatic rings. The fourth-order valence-electron chi connectivity index (χ4n) is 2.72. The zero-order chi connectivity index (χ0) is 15.0. The van der Waals surface area contributed by atoms with Gasteiger partial charge in [0.2, 0.25) is 0 Å². The highest BCUT2D eigenvalue weighted by Gasteiger charge is 2.31. The van der Waals surface area contributed by atoms with Crippen molar-refractivity contribution < 1.29 is 9.53 Å². The molecule has 0 radical (unpaired) electrons. The van der Waals surface area contributed by atoms with Gasteiger partial charge >= 0.3 is 0 Å². The summed E-state index contributed by atoms with van der Waals surface area (Å²) in [6.07, 6.45) is -0.439. The number of carbonyl (C=O) groups is 1. The molecule has 1 aliphatic heterocycles. The maximum atomic E-state index is 12.5. The van der Waals surface area contributed by atoms with E-state index in [1.165, 1.54) is 11.1 Å². The molecule has 0 unspecified atom stereocenters. The van der Waals surface area contributed by atoms with Crippen LogP contribution in [0.2, 0.25) is 0 Å². The maximum absolute atomic E-state index is 12.5. The Kier molecular flexibility index (Phi) is 3.42. The molecule has 0 N–H and O–H groups in total. The van der Waals surface area contributed by atoms with Gasteiger partial charge in [0.15, 0.2) is 6.10 Å². The number of carbonyl (C=O) groups excluding carboxylic acids is 1. The fraction of sp³-hybridized carbons (Fsp3) is 0.278. The Hall–Kier alpha value is -2.29. The second kappa shape index (κ2) is 5.24. The van der Waals surface area contributed by atoms with Gasteiger partial charge < -0.3 is 9.64 Å². The first-order chi connectivity index (χ1) is 10.1. The highest BCUT2D eigenvalue weighted by Crippen LogP contribution is 2.34. The van der Waals surface area contributed by atoms with Crippen LogP contribution in [0, 0.1) is 13.8 Å². The molecule has 1 heterocycles. The van der Waals surface area contributed by atoms with Gasteiger partial charge in [0.1, 0.15) is 5.75 Å². The number of hydrogen-bond donors (Lipinski definition) is 0. The number of benzene rings is 2. The van der Waals surface area contributed by atoms with Crippen LogP contribution in [0.1, 0.15) is 23.6 Å². The molecule has 1 atom stereocenters. The van der Waals surface area contributed by atoms with Crippen LogP contribution in [0.25, 0.3) is 0 Å². The van der Waals surface area contributed by atoms with Crippen LogP contribution in [-0.2, 0) is 11.3 Å². The maximum Gasteiger partial charge on any atom is 0.268 e. The summed E-state index contributed by atoms with van der Waals surface area (Å²) >= 11 is 0. The molecular formula is C18H19NO2. The molecule has 3 nitrogen and oxygen atoms in total. The minimum Gasteiger partial charge on any atom is -0.479 e. The van der Waals surface area contributed by atoms with Gasteiger partial charge in [-0.2, -0.15) is 0 Å². The molecule has 0 saturated carbocycles. The number of fused-ring (bicyclic) bond motifs is 1. The lowest BCUT2D eigenvalue weighted by atomic mass is 10.0. The van der Waals surface area contributed by atoms with Gasteiger partial charge in [0, 0.05) is 0 Å².